The smallest absolute Gasteiger partial charge is 0.266 e. The SMILES string of the molecule is C/C(=N/O)C(N)=O.CC.CCC. The second-order valence-electron chi connectivity index (χ2n) is 1.76. The van der Waals surface area contributed by atoms with Crippen LogP contribution >= 0.6 is 0 Å². The monoisotopic (exact) mass is 176 g/mol. The fourth-order valence-corrected chi connectivity index (χ4v) is 0.0493. The summed E-state index contributed by atoms with van der Waals surface area (Å²) in [6, 6.07) is 0. The third-order valence-electron chi connectivity index (χ3n) is 0.507. The minimum atomic E-state index is -0.706. The van der Waals surface area contributed by atoms with Crippen LogP contribution in [0.5, 0.6) is 0 Å². The van der Waals surface area contributed by atoms with E-state index in [2.05, 4.69) is 24.7 Å². The molecule has 0 aromatic rings. The van der Waals surface area contributed by atoms with E-state index in [-0.39, 0.29) is 5.71 Å². The lowest BCUT2D eigenvalue weighted by Crippen LogP contribution is -2.19. The molecule has 4 nitrogen and oxygen atoms in total. The number of nitrogens with zero attached hydrogens (tertiary/aromatic N) is 1. The summed E-state index contributed by atoms with van der Waals surface area (Å²) >= 11 is 0. The highest BCUT2D eigenvalue weighted by molar-refractivity contribution is 6.37. The van der Waals surface area contributed by atoms with E-state index in [0.717, 1.165) is 0 Å². The number of oxime groups is 1. The number of carbonyl (C=O) groups excluding carboxylic acids is 1. The topological polar surface area (TPSA) is 75.7 Å². The van der Waals surface area contributed by atoms with Crippen LogP contribution in [-0.4, -0.2) is 16.8 Å². The number of carbonyl (C=O) groups is 1. The van der Waals surface area contributed by atoms with Gasteiger partial charge in [-0.25, -0.2) is 0 Å². The molecule has 0 saturated carbocycles. The molecule has 74 valence electrons. The van der Waals surface area contributed by atoms with E-state index >= 15 is 0 Å². The molecule has 3 N–H and O–H groups in total. The quantitative estimate of drug-likeness (QED) is 0.363. The van der Waals surface area contributed by atoms with Gasteiger partial charge in [-0.1, -0.05) is 39.3 Å². The largest absolute Gasteiger partial charge is 0.410 e. The van der Waals surface area contributed by atoms with Crippen molar-refractivity contribution in [2.75, 3.05) is 0 Å². The van der Waals surface area contributed by atoms with Crippen LogP contribution in [0.4, 0.5) is 0 Å². The first kappa shape index (κ1) is 17.1. The van der Waals surface area contributed by atoms with E-state index in [4.69, 9.17) is 5.21 Å². The lowest BCUT2D eigenvalue weighted by molar-refractivity contribution is -0.112. The number of rotatable bonds is 1. The van der Waals surface area contributed by atoms with E-state index < -0.39 is 5.91 Å². The maximum Gasteiger partial charge on any atom is 0.266 e. The van der Waals surface area contributed by atoms with E-state index in [1.54, 1.807) is 0 Å². The van der Waals surface area contributed by atoms with Crippen molar-refractivity contribution in [2.45, 2.75) is 41.0 Å². The summed E-state index contributed by atoms with van der Waals surface area (Å²) in [5.74, 6) is -0.706. The van der Waals surface area contributed by atoms with Gasteiger partial charge in [0.25, 0.3) is 5.91 Å². The van der Waals surface area contributed by atoms with Gasteiger partial charge >= 0.3 is 0 Å². The van der Waals surface area contributed by atoms with Gasteiger partial charge in [-0.15, -0.1) is 0 Å². The van der Waals surface area contributed by atoms with Gasteiger partial charge in [-0.3, -0.25) is 4.79 Å². The van der Waals surface area contributed by atoms with Crippen LogP contribution in [0.2, 0.25) is 0 Å². The van der Waals surface area contributed by atoms with Crippen molar-refractivity contribution < 1.29 is 10.0 Å². The van der Waals surface area contributed by atoms with E-state index in [1.807, 2.05) is 13.8 Å². The Morgan fingerprint density at radius 2 is 1.67 bits per heavy atom. The lowest BCUT2D eigenvalue weighted by atomic mass is 10.4. The Kier molecular flexibility index (Phi) is 23.6. The molecule has 0 spiro atoms. The molecule has 1 amide bonds. The van der Waals surface area contributed by atoms with E-state index in [9.17, 15) is 4.79 Å². The zero-order valence-electron chi connectivity index (χ0n) is 8.59. The molecule has 0 fully saturated rings. The summed E-state index contributed by atoms with van der Waals surface area (Å²) in [7, 11) is 0. The molecule has 0 saturated heterocycles. The van der Waals surface area contributed by atoms with Crippen LogP contribution < -0.4 is 5.73 Å². The Hall–Kier alpha value is -1.06. The summed E-state index contributed by atoms with van der Waals surface area (Å²) in [6.45, 7) is 9.57. The maximum absolute atomic E-state index is 9.86. The third-order valence-corrected chi connectivity index (χ3v) is 0.507. The average molecular weight is 176 g/mol. The van der Waals surface area contributed by atoms with Gasteiger partial charge in [0.15, 0.2) is 0 Å². The van der Waals surface area contributed by atoms with Crippen LogP contribution in [0.25, 0.3) is 0 Å². The zero-order valence-corrected chi connectivity index (χ0v) is 8.59. The molecule has 0 aromatic carbocycles. The Morgan fingerprint density at radius 1 is 1.42 bits per heavy atom. The minimum absolute atomic E-state index is 0.0833. The minimum Gasteiger partial charge on any atom is -0.410 e. The molecule has 12 heavy (non-hydrogen) atoms. The van der Waals surface area contributed by atoms with Gasteiger partial charge in [0, 0.05) is 0 Å². The molecule has 0 aliphatic carbocycles. The fourth-order valence-electron chi connectivity index (χ4n) is 0.0493. The van der Waals surface area contributed by atoms with Gasteiger partial charge in [-0.05, 0) is 6.92 Å². The van der Waals surface area contributed by atoms with Gasteiger partial charge in [-0.2, -0.15) is 0 Å². The van der Waals surface area contributed by atoms with Crippen molar-refractivity contribution in [2.24, 2.45) is 10.9 Å². The van der Waals surface area contributed by atoms with Crippen LogP contribution in [0.3, 0.4) is 0 Å². The highest BCUT2D eigenvalue weighted by Crippen LogP contribution is 1.67. The predicted octanol–water partition coefficient (Wildman–Crippen LogP) is 1.76. The van der Waals surface area contributed by atoms with Crippen LogP contribution in [0.1, 0.15) is 41.0 Å². The maximum atomic E-state index is 9.86. The van der Waals surface area contributed by atoms with Gasteiger partial charge < -0.3 is 10.9 Å². The Bertz CT molecular complexity index is 122. The van der Waals surface area contributed by atoms with Crippen LogP contribution in [0.15, 0.2) is 5.16 Å². The van der Waals surface area contributed by atoms with Crippen molar-refractivity contribution in [1.82, 2.24) is 0 Å². The summed E-state index contributed by atoms with van der Waals surface area (Å²) in [6.07, 6.45) is 1.25. The zero-order chi connectivity index (χ0) is 10.6. The Balaban J connectivity index is -0.000000137. The fraction of sp³-hybridized carbons (Fsp3) is 0.750. The second-order valence-corrected chi connectivity index (χ2v) is 1.76. The summed E-state index contributed by atoms with van der Waals surface area (Å²) in [4.78, 5) is 9.86. The number of primary amides is 1. The summed E-state index contributed by atoms with van der Waals surface area (Å²) < 4.78 is 0. The Labute approximate surface area is 74.5 Å². The first-order chi connectivity index (χ1) is 5.59. The van der Waals surface area contributed by atoms with E-state index in [0.29, 0.717) is 0 Å². The molecule has 0 radical (unpaired) electrons. The number of hydrogen-bond acceptors (Lipinski definition) is 3. The number of amides is 1. The summed E-state index contributed by atoms with van der Waals surface area (Å²) in [5, 5.41) is 10.3. The molecule has 0 unspecified atom stereocenters. The van der Waals surface area contributed by atoms with Crippen molar-refractivity contribution in [3.63, 3.8) is 0 Å². The van der Waals surface area contributed by atoms with Gasteiger partial charge in [0.05, 0.1) is 0 Å². The van der Waals surface area contributed by atoms with Crippen molar-refractivity contribution in [1.29, 1.82) is 0 Å². The van der Waals surface area contributed by atoms with Crippen LogP contribution in [0, 0.1) is 0 Å². The van der Waals surface area contributed by atoms with Crippen LogP contribution in [-0.2, 0) is 4.79 Å². The first-order valence-electron chi connectivity index (χ1n) is 4.08. The molecule has 0 aliphatic heterocycles. The van der Waals surface area contributed by atoms with Crippen molar-refractivity contribution in [3.8, 4) is 0 Å². The predicted molar refractivity (Wildman–Crippen MR) is 51.4 cm³/mol. The molecule has 0 heterocycles. The van der Waals surface area contributed by atoms with Gasteiger partial charge in [0.1, 0.15) is 5.71 Å². The molecule has 0 aromatic heterocycles. The van der Waals surface area contributed by atoms with E-state index in [1.165, 1.54) is 13.3 Å². The molecule has 4 heteroatoms. The summed E-state index contributed by atoms with van der Waals surface area (Å²) in [5.41, 5.74) is 4.53. The number of hydrogen-bond donors (Lipinski definition) is 2. The standard InChI is InChI=1S/C3H6N2O2.C3H8.C2H6/c1-2(5-7)3(4)6;1-3-2;1-2/h7H,1H3,(H2,4,6);3H2,1-2H3;1-2H3/b5-2-;;. The van der Waals surface area contributed by atoms with Gasteiger partial charge in [0.2, 0.25) is 0 Å². The normalized spacial score (nSPS) is 8.58. The highest BCUT2D eigenvalue weighted by atomic mass is 16.4. The molecular weight excluding hydrogens is 156 g/mol. The molecule has 0 atom stereocenters. The molecule has 0 bridgehead atoms. The average Bonchev–Trinajstić information content (AvgIpc) is 2.08. The molecule has 0 rings (SSSR count). The second kappa shape index (κ2) is 16.5. The third kappa shape index (κ3) is 23.1. The van der Waals surface area contributed by atoms with Crippen molar-refractivity contribution in [3.05, 3.63) is 0 Å². The molecular formula is C8H20N2O2. The highest BCUT2D eigenvalue weighted by Gasteiger charge is 1.95. The first-order valence-corrected chi connectivity index (χ1v) is 4.08. The Morgan fingerprint density at radius 3 is 1.67 bits per heavy atom. The molecule has 0 aliphatic rings. The van der Waals surface area contributed by atoms with Crippen molar-refractivity contribution >= 4 is 11.6 Å². The lowest BCUT2D eigenvalue weighted by Gasteiger charge is -1.82. The number of nitrogens with two attached hydrogens (primary N) is 1.